The Labute approximate surface area is 110 Å². The van der Waals surface area contributed by atoms with Crippen LogP contribution >= 0.6 is 0 Å². The third kappa shape index (κ3) is 2.65. The zero-order valence-corrected chi connectivity index (χ0v) is 10.5. The molecule has 1 aromatic carbocycles. The molecule has 0 aliphatic carbocycles. The van der Waals surface area contributed by atoms with Crippen LogP contribution in [0.3, 0.4) is 0 Å². The molecule has 1 unspecified atom stereocenters. The van der Waals surface area contributed by atoms with Gasteiger partial charge in [-0.2, -0.15) is 0 Å². The first kappa shape index (κ1) is 13.3. The molecule has 0 amide bonds. The van der Waals surface area contributed by atoms with Gasteiger partial charge in [-0.15, -0.1) is 0 Å². The molecule has 0 bridgehead atoms. The average Bonchev–Trinajstić information content (AvgIpc) is 2.58. The molecule has 0 radical (unpaired) electrons. The Morgan fingerprint density at radius 2 is 2.11 bits per heavy atom. The van der Waals surface area contributed by atoms with E-state index in [1.807, 2.05) is 0 Å². The molecule has 0 N–H and O–H groups in total. The van der Waals surface area contributed by atoms with E-state index in [1.54, 1.807) is 31.2 Å². The second kappa shape index (κ2) is 5.65. The van der Waals surface area contributed by atoms with E-state index in [9.17, 15) is 14.4 Å². The molecule has 0 saturated carbocycles. The molecular formula is C14H14O5. The zero-order valence-electron chi connectivity index (χ0n) is 10.5. The molecule has 1 aliphatic heterocycles. The highest BCUT2D eigenvalue weighted by Gasteiger charge is 2.36. The molecule has 1 heterocycles. The molecule has 5 nitrogen and oxygen atoms in total. The highest BCUT2D eigenvalue weighted by molar-refractivity contribution is 6.39. The van der Waals surface area contributed by atoms with Gasteiger partial charge in [-0.1, -0.05) is 12.1 Å². The number of Topliss-reactive ketones (excluding diaryl/α,β-unsaturated/α-hetero) is 2. The van der Waals surface area contributed by atoms with E-state index in [-0.39, 0.29) is 25.4 Å². The molecule has 2 rings (SSSR count). The maximum Gasteiger partial charge on any atom is 0.375 e. The van der Waals surface area contributed by atoms with Gasteiger partial charge in [-0.3, -0.25) is 9.59 Å². The van der Waals surface area contributed by atoms with Crippen LogP contribution in [-0.4, -0.2) is 30.7 Å². The van der Waals surface area contributed by atoms with Crippen LogP contribution in [-0.2, 0) is 14.3 Å². The predicted octanol–water partition coefficient (Wildman–Crippen LogP) is 1.40. The number of esters is 1. The van der Waals surface area contributed by atoms with Crippen LogP contribution < -0.4 is 4.74 Å². The van der Waals surface area contributed by atoms with Gasteiger partial charge in [0.2, 0.25) is 0 Å². The van der Waals surface area contributed by atoms with Gasteiger partial charge in [0, 0.05) is 0 Å². The van der Waals surface area contributed by atoms with Gasteiger partial charge < -0.3 is 9.47 Å². The number of hydrogen-bond acceptors (Lipinski definition) is 5. The van der Waals surface area contributed by atoms with Crippen LogP contribution in [0.4, 0.5) is 0 Å². The van der Waals surface area contributed by atoms with Crippen molar-refractivity contribution in [2.75, 3.05) is 13.2 Å². The number of ketones is 2. The lowest BCUT2D eigenvalue weighted by atomic mass is 9.91. The molecule has 100 valence electrons. The van der Waals surface area contributed by atoms with E-state index in [2.05, 4.69) is 4.74 Å². The minimum atomic E-state index is -1.01. The van der Waals surface area contributed by atoms with E-state index in [0.29, 0.717) is 11.3 Å². The molecule has 1 aromatic rings. The van der Waals surface area contributed by atoms with Gasteiger partial charge in [-0.25, -0.2) is 4.79 Å². The summed E-state index contributed by atoms with van der Waals surface area (Å²) in [5.74, 6) is -2.70. The summed E-state index contributed by atoms with van der Waals surface area (Å²) in [5.41, 5.74) is 0.336. The van der Waals surface area contributed by atoms with Crippen LogP contribution in [0, 0.1) is 5.92 Å². The van der Waals surface area contributed by atoms with Crippen molar-refractivity contribution >= 4 is 17.5 Å². The monoisotopic (exact) mass is 262 g/mol. The Kier molecular flexibility index (Phi) is 3.94. The van der Waals surface area contributed by atoms with Gasteiger partial charge in [0.15, 0.2) is 5.78 Å². The van der Waals surface area contributed by atoms with E-state index in [1.165, 1.54) is 0 Å². The number of fused-ring (bicyclic) bond motifs is 1. The quantitative estimate of drug-likeness (QED) is 0.468. The standard InChI is InChI=1S/C14H14O5/c1-2-18-14(17)13(16)10-7-8-19-11-6-4-3-5-9(11)12(10)15/h3-6,10H,2,7-8H2,1H3. The summed E-state index contributed by atoms with van der Waals surface area (Å²) in [6, 6.07) is 6.70. The van der Waals surface area contributed by atoms with Crippen molar-refractivity contribution in [2.45, 2.75) is 13.3 Å². The smallest absolute Gasteiger partial charge is 0.375 e. The summed E-state index contributed by atoms with van der Waals surface area (Å²) in [5, 5.41) is 0. The van der Waals surface area contributed by atoms with Gasteiger partial charge in [0.05, 0.1) is 24.7 Å². The van der Waals surface area contributed by atoms with Crippen molar-refractivity contribution < 1.29 is 23.9 Å². The Balaban J connectivity index is 2.27. The van der Waals surface area contributed by atoms with Crippen molar-refractivity contribution in [1.82, 2.24) is 0 Å². The second-order valence-corrected chi connectivity index (χ2v) is 4.13. The molecule has 1 atom stereocenters. The molecule has 0 spiro atoms. The van der Waals surface area contributed by atoms with Crippen molar-refractivity contribution in [1.29, 1.82) is 0 Å². The summed E-state index contributed by atoms with van der Waals surface area (Å²) in [7, 11) is 0. The Hall–Kier alpha value is -2.17. The first-order chi connectivity index (χ1) is 9.15. The third-order valence-corrected chi connectivity index (χ3v) is 2.93. The molecule has 5 heteroatoms. The van der Waals surface area contributed by atoms with Crippen molar-refractivity contribution in [2.24, 2.45) is 5.92 Å². The summed E-state index contributed by atoms with van der Waals surface area (Å²) in [4.78, 5) is 35.6. The fraction of sp³-hybridized carbons (Fsp3) is 0.357. The summed E-state index contributed by atoms with van der Waals surface area (Å²) in [6.07, 6.45) is 0.186. The van der Waals surface area contributed by atoms with Gasteiger partial charge in [-0.05, 0) is 25.5 Å². The summed E-state index contributed by atoms with van der Waals surface area (Å²) >= 11 is 0. The SMILES string of the molecule is CCOC(=O)C(=O)C1CCOc2ccccc2C1=O. The number of hydrogen-bond donors (Lipinski definition) is 0. The zero-order chi connectivity index (χ0) is 13.8. The molecule has 0 saturated heterocycles. The van der Waals surface area contributed by atoms with E-state index < -0.39 is 17.7 Å². The minimum Gasteiger partial charge on any atom is -0.493 e. The average molecular weight is 262 g/mol. The van der Waals surface area contributed by atoms with Gasteiger partial charge >= 0.3 is 5.97 Å². The largest absolute Gasteiger partial charge is 0.493 e. The Morgan fingerprint density at radius 3 is 2.84 bits per heavy atom. The van der Waals surface area contributed by atoms with Crippen LogP contribution in [0.2, 0.25) is 0 Å². The first-order valence-electron chi connectivity index (χ1n) is 6.12. The van der Waals surface area contributed by atoms with E-state index in [4.69, 9.17) is 4.74 Å². The van der Waals surface area contributed by atoms with Crippen LogP contribution in [0.25, 0.3) is 0 Å². The van der Waals surface area contributed by atoms with Gasteiger partial charge in [0.25, 0.3) is 5.78 Å². The van der Waals surface area contributed by atoms with Crippen molar-refractivity contribution in [3.63, 3.8) is 0 Å². The van der Waals surface area contributed by atoms with Crippen molar-refractivity contribution in [3.8, 4) is 5.75 Å². The molecule has 0 fully saturated rings. The number of carbonyl (C=O) groups is 3. The summed E-state index contributed by atoms with van der Waals surface area (Å²) in [6.45, 7) is 1.94. The van der Waals surface area contributed by atoms with Crippen LogP contribution in [0.15, 0.2) is 24.3 Å². The van der Waals surface area contributed by atoms with Crippen LogP contribution in [0.5, 0.6) is 5.75 Å². The fourth-order valence-electron chi connectivity index (χ4n) is 2.00. The fourth-order valence-corrected chi connectivity index (χ4v) is 2.00. The maximum atomic E-state index is 12.3. The predicted molar refractivity (Wildman–Crippen MR) is 66.0 cm³/mol. The first-order valence-corrected chi connectivity index (χ1v) is 6.12. The minimum absolute atomic E-state index is 0.110. The van der Waals surface area contributed by atoms with Gasteiger partial charge in [0.1, 0.15) is 5.75 Å². The normalized spacial score (nSPS) is 17.9. The highest BCUT2D eigenvalue weighted by atomic mass is 16.5. The lowest BCUT2D eigenvalue weighted by Gasteiger charge is -2.10. The Bertz CT molecular complexity index is 520. The van der Waals surface area contributed by atoms with Crippen LogP contribution in [0.1, 0.15) is 23.7 Å². The second-order valence-electron chi connectivity index (χ2n) is 4.13. The number of carbonyl (C=O) groups excluding carboxylic acids is 3. The molecule has 19 heavy (non-hydrogen) atoms. The molecule has 1 aliphatic rings. The number of ether oxygens (including phenoxy) is 2. The third-order valence-electron chi connectivity index (χ3n) is 2.93. The lowest BCUT2D eigenvalue weighted by molar-refractivity contribution is -0.154. The number of para-hydroxylation sites is 1. The topological polar surface area (TPSA) is 69.7 Å². The number of benzene rings is 1. The van der Waals surface area contributed by atoms with E-state index >= 15 is 0 Å². The lowest BCUT2D eigenvalue weighted by Crippen LogP contribution is -2.31. The van der Waals surface area contributed by atoms with E-state index in [0.717, 1.165) is 0 Å². The summed E-state index contributed by atoms with van der Waals surface area (Å²) < 4.78 is 10.1. The highest BCUT2D eigenvalue weighted by Crippen LogP contribution is 2.27. The maximum absolute atomic E-state index is 12.3. The number of rotatable bonds is 3. The molecule has 0 aromatic heterocycles. The Morgan fingerprint density at radius 1 is 1.37 bits per heavy atom. The molecular weight excluding hydrogens is 248 g/mol. The van der Waals surface area contributed by atoms with Crippen molar-refractivity contribution in [3.05, 3.63) is 29.8 Å².